The molecule has 1 N–H and O–H groups in total. The number of imide groups is 2. The molecular formula is C18H15Cl2N3O3. The molecule has 2 aromatic rings. The molecule has 8 heteroatoms. The van der Waals surface area contributed by atoms with Crippen molar-refractivity contribution in [2.75, 3.05) is 7.05 Å². The summed E-state index contributed by atoms with van der Waals surface area (Å²) in [5, 5.41) is 3.02. The fourth-order valence-electron chi connectivity index (χ4n) is 2.86. The number of aryl methyl sites for hydroxylation is 1. The molecular weight excluding hydrogens is 377 g/mol. The summed E-state index contributed by atoms with van der Waals surface area (Å²) >= 11 is 12.1. The van der Waals surface area contributed by atoms with E-state index in [2.05, 4.69) is 5.32 Å². The van der Waals surface area contributed by atoms with Gasteiger partial charge >= 0.3 is 6.03 Å². The summed E-state index contributed by atoms with van der Waals surface area (Å²) in [5.41, 5.74) is 3.11. The molecule has 26 heavy (non-hydrogen) atoms. The third kappa shape index (κ3) is 3.02. The zero-order chi connectivity index (χ0) is 19.2. The van der Waals surface area contributed by atoms with Gasteiger partial charge in [-0.05, 0) is 49.8 Å². The van der Waals surface area contributed by atoms with E-state index in [1.807, 2.05) is 30.5 Å². The number of carbonyl (C=O) groups is 3. The second-order valence-electron chi connectivity index (χ2n) is 5.94. The number of aromatic nitrogens is 1. The van der Waals surface area contributed by atoms with Crippen LogP contribution in [-0.2, 0) is 9.59 Å². The first-order valence-corrected chi connectivity index (χ1v) is 8.45. The molecule has 1 saturated heterocycles. The highest BCUT2D eigenvalue weighted by Gasteiger charge is 2.33. The van der Waals surface area contributed by atoms with Gasteiger partial charge < -0.3 is 4.57 Å². The molecule has 0 unspecified atom stereocenters. The van der Waals surface area contributed by atoms with E-state index in [1.165, 1.54) is 13.1 Å². The highest BCUT2D eigenvalue weighted by molar-refractivity contribution is 6.42. The van der Waals surface area contributed by atoms with Crippen LogP contribution in [0.2, 0.25) is 10.0 Å². The normalized spacial score (nSPS) is 16.4. The third-order valence-corrected chi connectivity index (χ3v) is 4.98. The minimum Gasteiger partial charge on any atom is -0.318 e. The molecule has 0 atom stereocenters. The van der Waals surface area contributed by atoms with Gasteiger partial charge in [-0.15, -0.1) is 0 Å². The van der Waals surface area contributed by atoms with Crippen LogP contribution in [0.3, 0.4) is 0 Å². The van der Waals surface area contributed by atoms with Gasteiger partial charge in [0.25, 0.3) is 11.8 Å². The molecule has 3 rings (SSSR count). The van der Waals surface area contributed by atoms with Crippen LogP contribution in [-0.4, -0.2) is 34.4 Å². The van der Waals surface area contributed by atoms with Crippen molar-refractivity contribution in [3.8, 4) is 5.69 Å². The topological polar surface area (TPSA) is 71.4 Å². The van der Waals surface area contributed by atoms with Crippen molar-refractivity contribution in [2.24, 2.45) is 0 Å². The Kier molecular flexibility index (Phi) is 4.64. The van der Waals surface area contributed by atoms with Crippen molar-refractivity contribution in [3.05, 3.63) is 56.8 Å². The van der Waals surface area contributed by atoms with Crippen LogP contribution < -0.4 is 5.32 Å². The minimum absolute atomic E-state index is 0.0958. The van der Waals surface area contributed by atoms with E-state index in [0.29, 0.717) is 15.6 Å². The van der Waals surface area contributed by atoms with Crippen molar-refractivity contribution >= 4 is 47.1 Å². The number of urea groups is 1. The number of halogens is 2. The number of benzene rings is 1. The van der Waals surface area contributed by atoms with E-state index in [1.54, 1.807) is 12.1 Å². The summed E-state index contributed by atoms with van der Waals surface area (Å²) in [5.74, 6) is -1.35. The van der Waals surface area contributed by atoms with Gasteiger partial charge in [-0.2, -0.15) is 0 Å². The number of hydrogen-bond acceptors (Lipinski definition) is 3. The zero-order valence-electron chi connectivity index (χ0n) is 14.3. The molecule has 0 bridgehead atoms. The van der Waals surface area contributed by atoms with Gasteiger partial charge in [0.15, 0.2) is 0 Å². The van der Waals surface area contributed by atoms with Crippen molar-refractivity contribution in [1.82, 2.24) is 14.8 Å². The van der Waals surface area contributed by atoms with Crippen LogP contribution in [0, 0.1) is 13.8 Å². The molecule has 1 fully saturated rings. The van der Waals surface area contributed by atoms with Crippen LogP contribution in [0.5, 0.6) is 0 Å². The van der Waals surface area contributed by atoms with Crippen LogP contribution in [0.25, 0.3) is 11.8 Å². The molecule has 6 nitrogen and oxygen atoms in total. The number of hydrogen-bond donors (Lipinski definition) is 1. The van der Waals surface area contributed by atoms with Gasteiger partial charge in [-0.25, -0.2) is 4.79 Å². The highest BCUT2D eigenvalue weighted by atomic mass is 35.5. The maximum Gasteiger partial charge on any atom is 0.331 e. The Balaban J connectivity index is 2.08. The number of barbiturate groups is 1. The number of likely N-dealkylation sites (N-methyl/N-ethyl adjacent to an activating group) is 1. The van der Waals surface area contributed by atoms with Gasteiger partial charge in [-0.3, -0.25) is 19.8 Å². The Hall–Kier alpha value is -2.57. The minimum atomic E-state index is -0.738. The molecule has 0 spiro atoms. The Labute approximate surface area is 160 Å². The first kappa shape index (κ1) is 18.2. The summed E-state index contributed by atoms with van der Waals surface area (Å²) in [6, 6.07) is 6.39. The smallest absolute Gasteiger partial charge is 0.318 e. The lowest BCUT2D eigenvalue weighted by molar-refractivity contribution is -0.129. The third-order valence-electron chi connectivity index (χ3n) is 4.24. The monoisotopic (exact) mass is 391 g/mol. The van der Waals surface area contributed by atoms with Crippen LogP contribution in [0.1, 0.15) is 17.0 Å². The molecule has 1 aliphatic rings. The molecule has 0 saturated carbocycles. The molecule has 1 aromatic carbocycles. The Morgan fingerprint density at radius 1 is 1.04 bits per heavy atom. The average molecular weight is 392 g/mol. The van der Waals surface area contributed by atoms with Crippen LogP contribution in [0.4, 0.5) is 4.79 Å². The van der Waals surface area contributed by atoms with Gasteiger partial charge in [0.1, 0.15) is 5.57 Å². The standard InChI is InChI=1S/C18H15Cl2N3O3/c1-9-6-11(7-13-16(24)21-18(26)22(3)17(13)25)10(2)23(9)12-4-5-14(19)15(20)8-12/h4-8H,1-3H3,(H,21,24,26)/b13-7+. The lowest BCUT2D eigenvalue weighted by Crippen LogP contribution is -2.52. The van der Waals surface area contributed by atoms with Crippen molar-refractivity contribution in [1.29, 1.82) is 0 Å². The van der Waals surface area contributed by atoms with E-state index in [-0.39, 0.29) is 5.57 Å². The van der Waals surface area contributed by atoms with Crippen molar-refractivity contribution in [3.63, 3.8) is 0 Å². The van der Waals surface area contributed by atoms with Gasteiger partial charge in [0, 0.05) is 24.1 Å². The Morgan fingerprint density at radius 2 is 1.73 bits per heavy atom. The fraction of sp³-hybridized carbons (Fsp3) is 0.167. The Morgan fingerprint density at radius 3 is 2.38 bits per heavy atom. The number of amides is 4. The number of nitrogens with one attached hydrogen (secondary N) is 1. The molecule has 0 radical (unpaired) electrons. The van der Waals surface area contributed by atoms with E-state index in [4.69, 9.17) is 23.2 Å². The van der Waals surface area contributed by atoms with Gasteiger partial charge in [0.05, 0.1) is 10.0 Å². The molecule has 1 aliphatic heterocycles. The second-order valence-corrected chi connectivity index (χ2v) is 6.76. The summed E-state index contributed by atoms with van der Waals surface area (Å²) in [7, 11) is 1.32. The first-order valence-electron chi connectivity index (χ1n) is 7.70. The molecule has 2 heterocycles. The summed E-state index contributed by atoms with van der Waals surface area (Å²) in [4.78, 5) is 36.6. The van der Waals surface area contributed by atoms with Crippen molar-refractivity contribution < 1.29 is 14.4 Å². The predicted octanol–water partition coefficient (Wildman–Crippen LogP) is 3.49. The number of rotatable bonds is 2. The molecule has 134 valence electrons. The summed E-state index contributed by atoms with van der Waals surface area (Å²) in [6.07, 6.45) is 1.48. The molecule has 0 aliphatic carbocycles. The fourth-order valence-corrected chi connectivity index (χ4v) is 3.15. The largest absolute Gasteiger partial charge is 0.331 e. The van der Waals surface area contributed by atoms with Gasteiger partial charge in [-0.1, -0.05) is 23.2 Å². The maximum atomic E-state index is 12.2. The lowest BCUT2D eigenvalue weighted by Gasteiger charge is -2.22. The van der Waals surface area contributed by atoms with Crippen molar-refractivity contribution in [2.45, 2.75) is 13.8 Å². The highest BCUT2D eigenvalue weighted by Crippen LogP contribution is 2.28. The van der Waals surface area contributed by atoms with Crippen LogP contribution in [0.15, 0.2) is 29.8 Å². The average Bonchev–Trinajstić information content (AvgIpc) is 2.86. The quantitative estimate of drug-likeness (QED) is 0.628. The van der Waals surface area contributed by atoms with E-state index >= 15 is 0 Å². The predicted molar refractivity (Wildman–Crippen MR) is 99.5 cm³/mol. The second kappa shape index (κ2) is 6.63. The SMILES string of the molecule is Cc1cc(/C=C2\C(=O)NC(=O)N(C)C2=O)c(C)n1-c1ccc(Cl)c(Cl)c1. The first-order chi connectivity index (χ1) is 12.2. The number of nitrogens with zero attached hydrogens (tertiary/aromatic N) is 2. The number of carbonyl (C=O) groups excluding carboxylic acids is 3. The summed E-state index contributed by atoms with van der Waals surface area (Å²) < 4.78 is 1.94. The molecule has 1 aromatic heterocycles. The van der Waals surface area contributed by atoms with E-state index < -0.39 is 17.8 Å². The Bertz CT molecular complexity index is 992. The zero-order valence-corrected chi connectivity index (χ0v) is 15.8. The van der Waals surface area contributed by atoms with E-state index in [0.717, 1.165) is 22.0 Å². The van der Waals surface area contributed by atoms with Gasteiger partial charge in [0.2, 0.25) is 0 Å². The van der Waals surface area contributed by atoms with E-state index in [9.17, 15) is 14.4 Å². The summed E-state index contributed by atoms with van der Waals surface area (Å²) in [6.45, 7) is 3.76. The van der Waals surface area contributed by atoms with Crippen LogP contribution >= 0.6 is 23.2 Å². The molecule has 4 amide bonds. The maximum absolute atomic E-state index is 12.2. The lowest BCUT2D eigenvalue weighted by atomic mass is 10.1.